The number of rotatable bonds is 9. The molecule has 0 spiro atoms. The molecule has 3 aromatic rings. The molecule has 1 aliphatic rings. The molecule has 0 amide bonds. The van der Waals surface area contributed by atoms with E-state index in [1.165, 1.54) is 6.92 Å². The second kappa shape index (κ2) is 10.8. The molecule has 12 heteroatoms. The quantitative estimate of drug-likeness (QED) is 0.305. The average molecular weight is 535 g/mol. The van der Waals surface area contributed by atoms with Gasteiger partial charge in [0.15, 0.2) is 16.5 Å². The monoisotopic (exact) mass is 534 g/mol. The molecule has 0 unspecified atom stereocenters. The fourth-order valence-corrected chi connectivity index (χ4v) is 5.78. The molecule has 2 aromatic carbocycles. The minimum atomic E-state index is -5.10. The molecule has 0 aliphatic carbocycles. The number of anilines is 2. The second-order valence-electron chi connectivity index (χ2n) is 8.69. The van der Waals surface area contributed by atoms with E-state index in [4.69, 9.17) is 0 Å². The number of hydrogen-bond donors (Lipinski definition) is 0. The predicted octanol–water partition coefficient (Wildman–Crippen LogP) is 3.80. The molecule has 37 heavy (non-hydrogen) atoms. The van der Waals surface area contributed by atoms with Gasteiger partial charge in [0.05, 0.1) is 6.20 Å². The van der Waals surface area contributed by atoms with E-state index in [-0.39, 0.29) is 28.2 Å². The van der Waals surface area contributed by atoms with Crippen LogP contribution in [0, 0.1) is 24.4 Å². The summed E-state index contributed by atoms with van der Waals surface area (Å²) in [6, 6.07) is 12.6. The Kier molecular flexibility index (Phi) is 7.69. The first-order chi connectivity index (χ1) is 17.6. The number of nitrogens with zero attached hydrogens (tertiary/aromatic N) is 4. The van der Waals surface area contributed by atoms with Crippen molar-refractivity contribution in [1.82, 2.24) is 9.88 Å². The molecular weight excluding hydrogens is 509 g/mol. The number of likely N-dealkylation sites (N-methyl/N-ethyl adjacent to an activating group) is 1. The summed E-state index contributed by atoms with van der Waals surface area (Å²) in [5, 5.41) is 0. The molecule has 4 rings (SSSR count). The van der Waals surface area contributed by atoms with Gasteiger partial charge < -0.3 is 9.74 Å². The predicted molar refractivity (Wildman–Crippen MR) is 131 cm³/mol. The van der Waals surface area contributed by atoms with Crippen LogP contribution in [0.1, 0.15) is 17.5 Å². The fourth-order valence-electron chi connectivity index (χ4n) is 4.43. The smallest absolute Gasteiger partial charge is 0.322 e. The van der Waals surface area contributed by atoms with Gasteiger partial charge in [-0.3, -0.25) is 9.69 Å². The maximum absolute atomic E-state index is 15.5. The largest absolute Gasteiger partial charge is 0.370 e. The summed E-state index contributed by atoms with van der Waals surface area (Å²) in [5.41, 5.74) is 1.26. The van der Waals surface area contributed by atoms with Crippen molar-refractivity contribution in [2.75, 3.05) is 29.5 Å². The van der Waals surface area contributed by atoms with Gasteiger partial charge in [-0.15, -0.1) is 0 Å². The Morgan fingerprint density at radius 2 is 1.89 bits per heavy atom. The van der Waals surface area contributed by atoms with Crippen molar-refractivity contribution >= 4 is 28.0 Å². The van der Waals surface area contributed by atoms with Crippen molar-refractivity contribution in [1.29, 1.82) is 0 Å². The first-order valence-corrected chi connectivity index (χ1v) is 12.8. The number of sulfonamides is 1. The zero-order valence-corrected chi connectivity index (χ0v) is 21.0. The van der Waals surface area contributed by atoms with E-state index >= 15 is 8.78 Å². The lowest BCUT2D eigenvalue weighted by atomic mass is 10.1. The first-order valence-electron chi connectivity index (χ1n) is 11.4. The summed E-state index contributed by atoms with van der Waals surface area (Å²) in [7, 11) is -3.39. The van der Waals surface area contributed by atoms with Crippen molar-refractivity contribution in [2.24, 2.45) is 0 Å². The lowest BCUT2D eigenvalue weighted by Gasteiger charge is -2.29. The van der Waals surface area contributed by atoms with Crippen molar-refractivity contribution in [2.45, 2.75) is 30.8 Å². The van der Waals surface area contributed by atoms with Gasteiger partial charge in [0, 0.05) is 44.0 Å². The van der Waals surface area contributed by atoms with Crippen molar-refractivity contribution < 1.29 is 31.2 Å². The third kappa shape index (κ3) is 5.39. The van der Waals surface area contributed by atoms with Gasteiger partial charge >= 0.3 is 16.5 Å². The van der Waals surface area contributed by atoms with Gasteiger partial charge in [-0.1, -0.05) is 34.8 Å². The Hall–Kier alpha value is -3.64. The van der Waals surface area contributed by atoms with E-state index in [1.807, 2.05) is 30.3 Å². The van der Waals surface area contributed by atoms with Gasteiger partial charge in [-0.05, 0) is 37.1 Å². The van der Waals surface area contributed by atoms with Crippen LogP contribution in [0.5, 0.6) is 0 Å². The van der Waals surface area contributed by atoms with Crippen molar-refractivity contribution in [3.63, 3.8) is 0 Å². The number of carbonyl (C=O) groups excluding carboxylic acids is 1. The molecule has 2 heterocycles. The highest BCUT2D eigenvalue weighted by Crippen LogP contribution is 2.34. The maximum Gasteiger partial charge on any atom is 0.322 e. The molecular formula is C25H25F3N4O4S. The summed E-state index contributed by atoms with van der Waals surface area (Å²) >= 11 is 0. The van der Waals surface area contributed by atoms with E-state index in [9.17, 15) is 17.6 Å². The first kappa shape index (κ1) is 26.4. The minimum absolute atomic E-state index is 0.0534. The number of pyridine rings is 1. The Morgan fingerprint density at radius 3 is 2.54 bits per heavy atom. The molecule has 1 fully saturated rings. The lowest BCUT2D eigenvalue weighted by molar-refractivity contribution is -0.128. The maximum atomic E-state index is 15.5. The van der Waals surface area contributed by atoms with E-state index in [2.05, 4.69) is 14.7 Å². The fraction of sp³-hybridized carbons (Fsp3) is 0.280. The summed E-state index contributed by atoms with van der Waals surface area (Å²) in [5.74, 6) is -4.05. The van der Waals surface area contributed by atoms with Crippen LogP contribution in [0.25, 0.3) is 0 Å². The van der Waals surface area contributed by atoms with Gasteiger partial charge in [0.25, 0.3) is 0 Å². The number of carbonyl (C=O) groups is 1. The normalized spacial score (nSPS) is 16.0. The standard InChI is InChI=1S/C25H25F3N4O4S/c1-17-22(30(2)20-10-11-31(15-20)14-18-6-4-3-5-7-18)12-21(27)25(24(17)28)37(34,35)32(36-16-33)23-9-8-19(26)13-29-23/h3-9,12-13,16,20H,10-11,14-15H2,1-2H3/t20-/m0/s1. The molecule has 0 radical (unpaired) electrons. The topological polar surface area (TPSA) is 83.0 Å². The van der Waals surface area contributed by atoms with Crippen molar-refractivity contribution in [3.05, 3.63) is 83.3 Å². The molecule has 0 bridgehead atoms. The van der Waals surface area contributed by atoms with Gasteiger partial charge in [-0.25, -0.2) is 18.2 Å². The highest BCUT2D eigenvalue weighted by Gasteiger charge is 2.37. The van der Waals surface area contributed by atoms with Gasteiger partial charge in [0.1, 0.15) is 11.6 Å². The molecule has 1 saturated heterocycles. The molecule has 1 atom stereocenters. The molecule has 196 valence electrons. The van der Waals surface area contributed by atoms with Crippen LogP contribution in [-0.4, -0.2) is 51.0 Å². The second-order valence-corrected chi connectivity index (χ2v) is 10.4. The van der Waals surface area contributed by atoms with E-state index in [1.54, 1.807) is 11.9 Å². The van der Waals surface area contributed by atoms with E-state index < -0.39 is 38.2 Å². The highest BCUT2D eigenvalue weighted by molar-refractivity contribution is 7.92. The molecule has 0 saturated carbocycles. The van der Waals surface area contributed by atoms with Crippen LogP contribution in [-0.2, 0) is 26.2 Å². The van der Waals surface area contributed by atoms with Crippen LogP contribution >= 0.6 is 0 Å². The SMILES string of the molecule is Cc1c(N(C)[C@H]2CCN(Cc3ccccc3)C2)cc(F)c(S(=O)(=O)N(OC=O)c2ccc(F)cn2)c1F. The molecule has 0 N–H and O–H groups in total. The third-order valence-corrected chi connectivity index (χ3v) is 7.93. The Bertz CT molecular complexity index is 1370. The highest BCUT2D eigenvalue weighted by atomic mass is 32.2. The summed E-state index contributed by atoms with van der Waals surface area (Å²) in [4.78, 5) is 21.7. The number of hydrogen-bond acceptors (Lipinski definition) is 7. The van der Waals surface area contributed by atoms with Gasteiger partial charge in [-0.2, -0.15) is 8.42 Å². The van der Waals surface area contributed by atoms with Crippen LogP contribution in [0.4, 0.5) is 24.7 Å². The van der Waals surface area contributed by atoms with Crippen LogP contribution < -0.4 is 9.37 Å². The molecule has 8 nitrogen and oxygen atoms in total. The summed E-state index contributed by atoms with van der Waals surface area (Å²) in [6.45, 7) is 3.30. The Balaban J connectivity index is 1.61. The Labute approximate surface area is 212 Å². The number of benzene rings is 2. The molecule has 1 aliphatic heterocycles. The van der Waals surface area contributed by atoms with E-state index in [0.29, 0.717) is 12.7 Å². The van der Waals surface area contributed by atoms with Crippen LogP contribution in [0.15, 0.2) is 59.6 Å². The van der Waals surface area contributed by atoms with Crippen LogP contribution in [0.3, 0.4) is 0 Å². The average Bonchev–Trinajstić information content (AvgIpc) is 3.34. The van der Waals surface area contributed by atoms with Gasteiger partial charge in [0.2, 0.25) is 0 Å². The summed E-state index contributed by atoms with van der Waals surface area (Å²) < 4.78 is 70.3. The zero-order chi connectivity index (χ0) is 26.7. The number of aromatic nitrogens is 1. The van der Waals surface area contributed by atoms with E-state index in [0.717, 1.165) is 43.3 Å². The third-order valence-electron chi connectivity index (χ3n) is 6.33. The zero-order valence-electron chi connectivity index (χ0n) is 20.1. The Morgan fingerprint density at radius 1 is 1.16 bits per heavy atom. The number of likely N-dealkylation sites (tertiary alicyclic amines) is 1. The van der Waals surface area contributed by atoms with Crippen molar-refractivity contribution in [3.8, 4) is 0 Å². The van der Waals surface area contributed by atoms with Crippen LogP contribution in [0.2, 0.25) is 0 Å². The summed E-state index contributed by atoms with van der Waals surface area (Å²) in [6.07, 6.45) is 1.42. The number of halogens is 3. The minimum Gasteiger partial charge on any atom is -0.370 e. The molecule has 1 aromatic heterocycles. The lowest BCUT2D eigenvalue weighted by Crippen LogP contribution is -2.36.